The van der Waals surface area contributed by atoms with Crippen LogP contribution in [0.2, 0.25) is 0 Å². The lowest BCUT2D eigenvalue weighted by Gasteiger charge is -2.30. The minimum atomic E-state index is -0.707. The molecule has 2 saturated heterocycles. The molecule has 2 aliphatic heterocycles. The van der Waals surface area contributed by atoms with Crippen molar-refractivity contribution in [1.29, 1.82) is 0 Å². The number of piperidine rings is 1. The van der Waals surface area contributed by atoms with Crippen molar-refractivity contribution in [3.63, 3.8) is 0 Å². The Labute approximate surface area is 157 Å². The minimum Gasteiger partial charge on any atom is -0.466 e. The summed E-state index contributed by atoms with van der Waals surface area (Å²) in [7, 11) is 0. The fourth-order valence-corrected chi connectivity index (χ4v) is 4.72. The zero-order valence-electron chi connectivity index (χ0n) is 15.1. The van der Waals surface area contributed by atoms with Gasteiger partial charge >= 0.3 is 5.97 Å². The molecule has 2 fully saturated rings. The number of carbonyl (C=O) groups excluding carboxylic acids is 3. The highest BCUT2D eigenvalue weighted by molar-refractivity contribution is 7.99. The minimum absolute atomic E-state index is 0.173. The molecule has 142 valence electrons. The molecular weight excluding hydrogens is 356 g/mol. The van der Waals surface area contributed by atoms with Gasteiger partial charge in [0.05, 0.1) is 6.26 Å². The Morgan fingerprint density at radius 1 is 1.31 bits per heavy atom. The Kier molecular flexibility index (Phi) is 5.90. The largest absolute Gasteiger partial charge is 0.466 e. The highest BCUT2D eigenvalue weighted by Gasteiger charge is 2.43. The fourth-order valence-electron chi connectivity index (χ4n) is 3.30. The van der Waals surface area contributed by atoms with Gasteiger partial charge in [0.15, 0.2) is 6.61 Å². The zero-order valence-corrected chi connectivity index (χ0v) is 15.9. The molecule has 0 aromatic carbocycles. The number of thioether (sulfide) groups is 1. The van der Waals surface area contributed by atoms with Crippen LogP contribution in [0.3, 0.4) is 0 Å². The summed E-state index contributed by atoms with van der Waals surface area (Å²) < 4.78 is 10.6. The molecule has 0 N–H and O–H groups in total. The molecular formula is C18H24N2O5S. The summed E-state index contributed by atoms with van der Waals surface area (Å²) in [6, 6.07) is 2.82. The summed E-state index contributed by atoms with van der Waals surface area (Å²) in [5, 5.41) is -0.348. The van der Waals surface area contributed by atoms with Crippen LogP contribution in [-0.4, -0.2) is 59.1 Å². The molecule has 2 amide bonds. The third-order valence-electron chi connectivity index (χ3n) is 4.90. The second-order valence-electron chi connectivity index (χ2n) is 6.81. The van der Waals surface area contributed by atoms with E-state index in [1.807, 2.05) is 0 Å². The second kappa shape index (κ2) is 8.16. The number of hydrogen-bond donors (Lipinski definition) is 0. The third-order valence-corrected chi connectivity index (χ3v) is 6.18. The maximum Gasteiger partial charge on any atom is 0.330 e. The molecule has 0 unspecified atom stereocenters. The standard InChI is InChI=1S/C18H24N2O5S/c1-12-5-7-19(8-6-12)16(22)10-25-18(23)14-11-26-17(20(14)13(2)21)15-4-3-9-24-15/h3-4,9,12,14,17H,5-8,10-11H2,1-2H3/t14-,17-/m1/s1. The van der Waals surface area contributed by atoms with Gasteiger partial charge in [0.2, 0.25) is 5.91 Å². The van der Waals surface area contributed by atoms with E-state index in [1.54, 1.807) is 17.0 Å². The van der Waals surface area contributed by atoms with Gasteiger partial charge < -0.3 is 19.0 Å². The number of ether oxygens (including phenoxy) is 1. The Bertz CT molecular complexity index is 655. The molecule has 2 atom stereocenters. The summed E-state index contributed by atoms with van der Waals surface area (Å²) in [4.78, 5) is 40.0. The molecule has 7 nitrogen and oxygen atoms in total. The van der Waals surface area contributed by atoms with Crippen LogP contribution >= 0.6 is 11.8 Å². The molecule has 1 aromatic heterocycles. The van der Waals surface area contributed by atoms with Crippen molar-refractivity contribution in [3.05, 3.63) is 24.2 Å². The summed E-state index contributed by atoms with van der Waals surface area (Å²) >= 11 is 1.45. The van der Waals surface area contributed by atoms with Gasteiger partial charge in [-0.3, -0.25) is 9.59 Å². The van der Waals surface area contributed by atoms with Gasteiger partial charge in [0.1, 0.15) is 17.2 Å². The first-order valence-electron chi connectivity index (χ1n) is 8.85. The van der Waals surface area contributed by atoms with Crippen LogP contribution in [0.4, 0.5) is 0 Å². The molecule has 0 bridgehead atoms. The highest BCUT2D eigenvalue weighted by Crippen LogP contribution is 2.41. The topological polar surface area (TPSA) is 80.1 Å². The van der Waals surface area contributed by atoms with Crippen LogP contribution in [0.15, 0.2) is 22.8 Å². The quantitative estimate of drug-likeness (QED) is 0.744. The fraction of sp³-hybridized carbons (Fsp3) is 0.611. The Balaban J connectivity index is 1.57. The third kappa shape index (κ3) is 4.06. The number of rotatable bonds is 4. The summed E-state index contributed by atoms with van der Waals surface area (Å²) in [6.45, 7) is 4.73. The number of esters is 1. The van der Waals surface area contributed by atoms with Crippen LogP contribution in [0, 0.1) is 5.92 Å². The molecule has 0 radical (unpaired) electrons. The number of hydrogen-bond acceptors (Lipinski definition) is 6. The van der Waals surface area contributed by atoms with Gasteiger partial charge in [-0.25, -0.2) is 4.79 Å². The summed E-state index contributed by atoms with van der Waals surface area (Å²) in [5.74, 6) is 0.723. The molecule has 0 aliphatic carbocycles. The second-order valence-corrected chi connectivity index (χ2v) is 7.93. The van der Waals surface area contributed by atoms with E-state index in [0.29, 0.717) is 30.5 Å². The number of amides is 2. The van der Waals surface area contributed by atoms with Crippen molar-refractivity contribution >= 4 is 29.5 Å². The lowest BCUT2D eigenvalue weighted by molar-refractivity contribution is -0.158. The van der Waals surface area contributed by atoms with Crippen LogP contribution in [0.25, 0.3) is 0 Å². The normalized spacial score (nSPS) is 23.9. The van der Waals surface area contributed by atoms with Gasteiger partial charge in [0.25, 0.3) is 5.91 Å². The van der Waals surface area contributed by atoms with Gasteiger partial charge in [0, 0.05) is 25.8 Å². The van der Waals surface area contributed by atoms with E-state index in [0.717, 1.165) is 12.8 Å². The van der Waals surface area contributed by atoms with E-state index in [4.69, 9.17) is 9.15 Å². The number of furan rings is 1. The van der Waals surface area contributed by atoms with E-state index < -0.39 is 12.0 Å². The maximum atomic E-state index is 12.5. The SMILES string of the molecule is CC(=O)N1[C@@H](C(=O)OCC(=O)N2CCC(C)CC2)CS[C@@H]1c1ccco1. The smallest absolute Gasteiger partial charge is 0.330 e. The first kappa shape index (κ1) is 18.8. The van der Waals surface area contributed by atoms with Crippen LogP contribution in [-0.2, 0) is 19.1 Å². The van der Waals surface area contributed by atoms with Crippen molar-refractivity contribution in [1.82, 2.24) is 9.80 Å². The summed E-state index contributed by atoms with van der Waals surface area (Å²) in [6.07, 6.45) is 3.49. The van der Waals surface area contributed by atoms with Crippen molar-refractivity contribution in [3.8, 4) is 0 Å². The maximum absolute atomic E-state index is 12.5. The molecule has 3 heterocycles. The van der Waals surface area contributed by atoms with Gasteiger partial charge in [-0.2, -0.15) is 0 Å². The van der Waals surface area contributed by atoms with Crippen molar-refractivity contribution < 1.29 is 23.5 Å². The molecule has 1 aromatic rings. The van der Waals surface area contributed by atoms with Crippen molar-refractivity contribution in [2.45, 2.75) is 38.1 Å². The Morgan fingerprint density at radius 2 is 2.04 bits per heavy atom. The Morgan fingerprint density at radius 3 is 2.65 bits per heavy atom. The van der Waals surface area contributed by atoms with E-state index in [-0.39, 0.29) is 23.8 Å². The van der Waals surface area contributed by atoms with E-state index in [2.05, 4.69) is 6.92 Å². The van der Waals surface area contributed by atoms with Gasteiger partial charge in [-0.05, 0) is 30.9 Å². The Hall–Kier alpha value is -1.96. The molecule has 0 saturated carbocycles. The lowest BCUT2D eigenvalue weighted by atomic mass is 9.99. The molecule has 26 heavy (non-hydrogen) atoms. The van der Waals surface area contributed by atoms with Crippen molar-refractivity contribution in [2.24, 2.45) is 5.92 Å². The van der Waals surface area contributed by atoms with Crippen LogP contribution in [0.1, 0.15) is 37.8 Å². The number of likely N-dealkylation sites (tertiary alicyclic amines) is 1. The first-order chi connectivity index (χ1) is 12.5. The monoisotopic (exact) mass is 380 g/mol. The van der Waals surface area contributed by atoms with E-state index in [1.165, 1.54) is 29.8 Å². The predicted octanol–water partition coefficient (Wildman–Crippen LogP) is 2.04. The van der Waals surface area contributed by atoms with E-state index >= 15 is 0 Å². The van der Waals surface area contributed by atoms with Crippen LogP contribution < -0.4 is 0 Å². The molecule has 3 rings (SSSR count). The predicted molar refractivity (Wildman–Crippen MR) is 96.2 cm³/mol. The number of nitrogens with zero attached hydrogens (tertiary/aromatic N) is 2. The summed E-state index contributed by atoms with van der Waals surface area (Å²) in [5.41, 5.74) is 0. The average Bonchev–Trinajstić information content (AvgIpc) is 3.28. The van der Waals surface area contributed by atoms with Crippen molar-refractivity contribution in [2.75, 3.05) is 25.4 Å². The van der Waals surface area contributed by atoms with Gasteiger partial charge in [-0.1, -0.05) is 6.92 Å². The highest BCUT2D eigenvalue weighted by atomic mass is 32.2. The molecule has 0 spiro atoms. The first-order valence-corrected chi connectivity index (χ1v) is 9.90. The number of carbonyl (C=O) groups is 3. The zero-order chi connectivity index (χ0) is 18.7. The van der Waals surface area contributed by atoms with Crippen LogP contribution in [0.5, 0.6) is 0 Å². The molecule has 8 heteroatoms. The lowest BCUT2D eigenvalue weighted by Crippen LogP contribution is -2.45. The van der Waals surface area contributed by atoms with E-state index in [9.17, 15) is 14.4 Å². The van der Waals surface area contributed by atoms with Gasteiger partial charge in [-0.15, -0.1) is 11.8 Å². The molecule has 2 aliphatic rings. The average molecular weight is 380 g/mol.